The summed E-state index contributed by atoms with van der Waals surface area (Å²) in [4.78, 5) is 22.3. The summed E-state index contributed by atoms with van der Waals surface area (Å²) < 4.78 is 15.2. The first-order chi connectivity index (χ1) is 9.97. The Morgan fingerprint density at radius 1 is 1.38 bits per heavy atom. The maximum atomic E-state index is 13.9. The first-order valence-corrected chi connectivity index (χ1v) is 5.97. The zero-order valence-corrected chi connectivity index (χ0v) is 11.1. The summed E-state index contributed by atoms with van der Waals surface area (Å²) in [5.41, 5.74) is 0.686. The summed E-state index contributed by atoms with van der Waals surface area (Å²) in [6.45, 7) is 0. The lowest BCUT2D eigenvalue weighted by molar-refractivity contribution is -0.131. The van der Waals surface area contributed by atoms with E-state index in [9.17, 15) is 14.0 Å². The number of aliphatic carboxylic acids is 1. The van der Waals surface area contributed by atoms with Gasteiger partial charge in [-0.05, 0) is 29.8 Å². The van der Waals surface area contributed by atoms with Crippen molar-refractivity contribution in [2.75, 3.05) is 5.32 Å². The molecule has 7 heteroatoms. The van der Waals surface area contributed by atoms with Crippen molar-refractivity contribution in [1.82, 2.24) is 9.78 Å². The molecule has 0 saturated heterocycles. The van der Waals surface area contributed by atoms with Crippen LogP contribution >= 0.6 is 0 Å². The highest BCUT2D eigenvalue weighted by Crippen LogP contribution is 2.17. The molecular formula is C14H12FN3O3. The van der Waals surface area contributed by atoms with Crippen LogP contribution in [0.15, 0.2) is 36.5 Å². The third-order valence-corrected chi connectivity index (χ3v) is 2.71. The second-order valence-electron chi connectivity index (χ2n) is 4.21. The topological polar surface area (TPSA) is 84.2 Å². The van der Waals surface area contributed by atoms with E-state index >= 15 is 0 Å². The van der Waals surface area contributed by atoms with Crippen LogP contribution in [-0.2, 0) is 11.8 Å². The third-order valence-electron chi connectivity index (χ3n) is 2.71. The van der Waals surface area contributed by atoms with Gasteiger partial charge in [0.25, 0.3) is 5.91 Å². The molecule has 0 aliphatic carbocycles. The highest BCUT2D eigenvalue weighted by Gasteiger charge is 2.12. The number of carbonyl (C=O) groups is 2. The second-order valence-corrected chi connectivity index (χ2v) is 4.21. The lowest BCUT2D eigenvalue weighted by Crippen LogP contribution is -2.16. The number of nitrogens with zero attached hydrogens (tertiary/aromatic N) is 2. The summed E-state index contributed by atoms with van der Waals surface area (Å²) >= 11 is 0. The minimum atomic E-state index is -1.12. The Balaban J connectivity index is 2.16. The number of rotatable bonds is 4. The number of nitrogens with one attached hydrogen (secondary N) is 1. The van der Waals surface area contributed by atoms with Crippen LogP contribution < -0.4 is 5.32 Å². The van der Waals surface area contributed by atoms with E-state index in [0.29, 0.717) is 11.3 Å². The molecule has 1 aromatic carbocycles. The molecule has 2 N–H and O–H groups in total. The molecule has 21 heavy (non-hydrogen) atoms. The molecule has 0 aliphatic rings. The van der Waals surface area contributed by atoms with Gasteiger partial charge < -0.3 is 10.4 Å². The Bertz CT molecular complexity index is 722. The second kappa shape index (κ2) is 6.00. The van der Waals surface area contributed by atoms with Gasteiger partial charge in [-0.1, -0.05) is 6.07 Å². The van der Waals surface area contributed by atoms with Crippen molar-refractivity contribution in [3.05, 3.63) is 53.6 Å². The number of anilines is 1. The Labute approximate surface area is 119 Å². The normalized spacial score (nSPS) is 10.8. The van der Waals surface area contributed by atoms with E-state index in [0.717, 1.165) is 12.1 Å². The van der Waals surface area contributed by atoms with E-state index in [4.69, 9.17) is 5.11 Å². The van der Waals surface area contributed by atoms with E-state index in [1.165, 1.54) is 35.2 Å². The highest BCUT2D eigenvalue weighted by atomic mass is 19.1. The van der Waals surface area contributed by atoms with Crippen LogP contribution in [0.25, 0.3) is 6.08 Å². The first kappa shape index (κ1) is 14.4. The number of carboxylic acid groups (broad SMARTS) is 1. The largest absolute Gasteiger partial charge is 0.478 e. The molecule has 2 rings (SSSR count). The molecular weight excluding hydrogens is 277 g/mol. The number of carboxylic acids is 1. The smallest absolute Gasteiger partial charge is 0.328 e. The van der Waals surface area contributed by atoms with Crippen LogP contribution in [0.3, 0.4) is 0 Å². The minimum Gasteiger partial charge on any atom is -0.478 e. The van der Waals surface area contributed by atoms with Crippen molar-refractivity contribution >= 4 is 23.6 Å². The van der Waals surface area contributed by atoms with Crippen LogP contribution in [-0.4, -0.2) is 26.8 Å². The molecule has 0 atom stereocenters. The van der Waals surface area contributed by atoms with E-state index in [-0.39, 0.29) is 5.69 Å². The molecule has 1 amide bonds. The van der Waals surface area contributed by atoms with Crippen molar-refractivity contribution in [3.8, 4) is 0 Å². The number of aryl methyl sites for hydroxylation is 1. The highest BCUT2D eigenvalue weighted by molar-refractivity contribution is 6.03. The number of carbonyl (C=O) groups excluding carboxylic acids is 1. The van der Waals surface area contributed by atoms with Gasteiger partial charge in [0.15, 0.2) is 0 Å². The van der Waals surface area contributed by atoms with Crippen molar-refractivity contribution in [3.63, 3.8) is 0 Å². The van der Waals surface area contributed by atoms with Crippen LogP contribution in [0.1, 0.15) is 16.1 Å². The predicted molar refractivity (Wildman–Crippen MR) is 74.2 cm³/mol. The SMILES string of the molecule is Cn1nccc1C(=O)Nc1ccc(C=CC(=O)O)cc1F. The van der Waals surface area contributed by atoms with Crippen LogP contribution in [0, 0.1) is 5.82 Å². The first-order valence-electron chi connectivity index (χ1n) is 5.97. The molecule has 0 fully saturated rings. The summed E-state index contributed by atoms with van der Waals surface area (Å²) in [6, 6.07) is 5.52. The van der Waals surface area contributed by atoms with Gasteiger partial charge in [-0.15, -0.1) is 0 Å². The van der Waals surface area contributed by atoms with E-state index in [2.05, 4.69) is 10.4 Å². The van der Waals surface area contributed by atoms with Gasteiger partial charge in [0, 0.05) is 19.3 Å². The Morgan fingerprint density at radius 3 is 2.71 bits per heavy atom. The lowest BCUT2D eigenvalue weighted by Gasteiger charge is -2.07. The van der Waals surface area contributed by atoms with E-state index in [1.807, 2.05) is 0 Å². The van der Waals surface area contributed by atoms with Gasteiger partial charge in [0.1, 0.15) is 11.5 Å². The monoisotopic (exact) mass is 289 g/mol. The minimum absolute atomic E-state index is 0.00803. The molecule has 0 unspecified atom stereocenters. The number of halogens is 1. The number of benzene rings is 1. The fourth-order valence-corrected chi connectivity index (χ4v) is 1.69. The number of hydrogen-bond acceptors (Lipinski definition) is 3. The van der Waals surface area contributed by atoms with Crippen LogP contribution in [0.5, 0.6) is 0 Å². The summed E-state index contributed by atoms with van der Waals surface area (Å²) in [7, 11) is 1.60. The molecule has 2 aromatic rings. The van der Waals surface area contributed by atoms with Gasteiger partial charge in [0.05, 0.1) is 5.69 Å². The molecule has 6 nitrogen and oxygen atoms in total. The third kappa shape index (κ3) is 3.53. The molecule has 0 spiro atoms. The van der Waals surface area contributed by atoms with Crippen molar-refractivity contribution in [1.29, 1.82) is 0 Å². The maximum absolute atomic E-state index is 13.9. The van der Waals surface area contributed by atoms with Gasteiger partial charge in [-0.2, -0.15) is 5.10 Å². The van der Waals surface area contributed by atoms with Crippen molar-refractivity contribution < 1.29 is 19.1 Å². The number of hydrogen-bond donors (Lipinski definition) is 2. The van der Waals surface area contributed by atoms with E-state index in [1.54, 1.807) is 7.05 Å². The maximum Gasteiger partial charge on any atom is 0.328 e. The fourth-order valence-electron chi connectivity index (χ4n) is 1.69. The Morgan fingerprint density at radius 2 is 2.14 bits per heavy atom. The van der Waals surface area contributed by atoms with Gasteiger partial charge in [-0.25, -0.2) is 9.18 Å². The fraction of sp³-hybridized carbons (Fsp3) is 0.0714. The van der Waals surface area contributed by atoms with E-state index < -0.39 is 17.7 Å². The zero-order valence-electron chi connectivity index (χ0n) is 11.1. The molecule has 1 aromatic heterocycles. The molecule has 0 radical (unpaired) electrons. The summed E-state index contributed by atoms with van der Waals surface area (Å²) in [5.74, 6) is -2.26. The molecule has 0 bridgehead atoms. The number of amides is 1. The average Bonchev–Trinajstić information content (AvgIpc) is 2.85. The van der Waals surface area contributed by atoms with Gasteiger partial charge in [-0.3, -0.25) is 9.48 Å². The lowest BCUT2D eigenvalue weighted by atomic mass is 10.2. The molecule has 0 aliphatic heterocycles. The van der Waals surface area contributed by atoms with Crippen LogP contribution in [0.4, 0.5) is 10.1 Å². The standard InChI is InChI=1S/C14H12FN3O3/c1-18-12(6-7-16-18)14(21)17-11-4-2-9(8-10(11)15)3-5-13(19)20/h2-8H,1H3,(H,17,21)(H,19,20). The molecule has 0 saturated carbocycles. The molecule has 108 valence electrons. The average molecular weight is 289 g/mol. The predicted octanol–water partition coefficient (Wildman–Crippen LogP) is 1.91. The summed E-state index contributed by atoms with van der Waals surface area (Å²) in [6.07, 6.45) is 3.63. The van der Waals surface area contributed by atoms with Crippen molar-refractivity contribution in [2.24, 2.45) is 7.05 Å². The quantitative estimate of drug-likeness (QED) is 0.842. The Hall–Kier alpha value is -2.96. The molecule has 1 heterocycles. The number of aromatic nitrogens is 2. The van der Waals surface area contributed by atoms with Crippen LogP contribution in [0.2, 0.25) is 0 Å². The Kier molecular flexibility index (Phi) is 4.13. The van der Waals surface area contributed by atoms with Crippen molar-refractivity contribution in [2.45, 2.75) is 0 Å². The van der Waals surface area contributed by atoms with Gasteiger partial charge >= 0.3 is 5.97 Å². The zero-order chi connectivity index (χ0) is 15.4. The summed E-state index contributed by atoms with van der Waals surface area (Å²) in [5, 5.41) is 14.8. The van der Waals surface area contributed by atoms with Gasteiger partial charge in [0.2, 0.25) is 0 Å².